The molecular weight excluding hydrogens is 1700 g/mol. The Kier molecular flexibility index (Phi) is 32.2. The number of nitrogens with zero attached hydrogens (tertiary/aromatic N) is 5. The van der Waals surface area contributed by atoms with Crippen LogP contribution in [0.15, 0.2) is 212 Å². The van der Waals surface area contributed by atoms with Gasteiger partial charge in [-0.1, -0.05) is 30.3 Å². The number of aromatic nitrogens is 4. The molecule has 0 amide bonds. The Labute approximate surface area is 782 Å². The van der Waals surface area contributed by atoms with Crippen molar-refractivity contribution in [2.45, 2.75) is 103 Å². The smallest absolute Gasteiger partial charge is 0.222 e. The molecule has 0 bridgehead atoms. The van der Waals surface area contributed by atoms with E-state index in [1.807, 2.05) is 110 Å². The summed E-state index contributed by atoms with van der Waals surface area (Å²) < 4.78 is 60.3. The SMILES string of the molecule is COc1cc2c(cc1C)C(=O)C(Cc1ccncc1)C2.COc1cc2c(cc1OC)C(=O)/C(=C/c1cc[n+](O)cc1)C2.COc1cc2c(cc1OC)C(=O)/C(=C/c1ccncc1)C2.COc1cc2c(cc1OC)C(=O)C(CC1CCN(Cc3ccccc3)CC1)C2.COc1cc2c(cc1OC)C(=O)C(CC1CCNCC1)C2.COc1cc2c(cc1OC)C(=O)C(Cc1cc[n+](O)cc1)C2. The monoisotopic (exact) mass is 1810 g/mol. The van der Waals surface area contributed by atoms with Crippen LogP contribution in [0.5, 0.6) is 63.2 Å². The molecule has 25 nitrogen and oxygen atoms in total. The van der Waals surface area contributed by atoms with Gasteiger partial charge in [0, 0.05) is 146 Å². The number of Topliss-reactive ketones (excluding diaryl/α,β-unsaturated/α-hetero) is 6. The van der Waals surface area contributed by atoms with Crippen LogP contribution in [-0.4, -0.2) is 164 Å². The summed E-state index contributed by atoms with van der Waals surface area (Å²) in [5.74, 6) is 9.72. The third-order valence-corrected chi connectivity index (χ3v) is 26.4. The third-order valence-electron chi connectivity index (χ3n) is 26.4. The largest absolute Gasteiger partial charge is 0.496 e. The molecule has 11 aromatic rings. The van der Waals surface area contributed by atoms with Crippen LogP contribution >= 0.6 is 0 Å². The minimum absolute atomic E-state index is 0.00307. The molecular formula is C109H118N6O19+2. The van der Waals surface area contributed by atoms with Crippen LogP contribution in [0.2, 0.25) is 0 Å². The first-order valence-corrected chi connectivity index (χ1v) is 45.3. The van der Waals surface area contributed by atoms with E-state index in [0.29, 0.717) is 112 Å². The number of carbonyl (C=O) groups excluding carboxylic acids is 6. The Morgan fingerprint density at radius 2 is 0.679 bits per heavy atom. The zero-order valence-corrected chi connectivity index (χ0v) is 78.2. The summed E-state index contributed by atoms with van der Waals surface area (Å²) >= 11 is 0. The molecule has 2 fully saturated rings. The number of rotatable bonds is 23. The van der Waals surface area contributed by atoms with Crippen molar-refractivity contribution < 1.29 is 101 Å². The maximum atomic E-state index is 12.9. The first-order chi connectivity index (χ1) is 65.0. The number of allylic oxidation sites excluding steroid dienone is 2. The van der Waals surface area contributed by atoms with Gasteiger partial charge in [-0.05, 0) is 298 Å². The fraction of sp³-hybridized carbons (Fsp3) is 0.339. The highest BCUT2D eigenvalue weighted by Gasteiger charge is 2.39. The number of ether oxygens (including phenoxy) is 11. The Hall–Kier alpha value is -14.0. The summed E-state index contributed by atoms with van der Waals surface area (Å²) in [6.07, 6.45) is 29.4. The van der Waals surface area contributed by atoms with Crippen LogP contribution in [0, 0.1) is 42.4 Å². The molecule has 2 saturated heterocycles. The van der Waals surface area contributed by atoms with E-state index >= 15 is 0 Å². The number of carbonyl (C=O) groups is 6. The molecule has 0 saturated carbocycles. The number of benzene rings is 7. The Bertz CT molecular complexity index is 6110. The summed E-state index contributed by atoms with van der Waals surface area (Å²) in [7, 11) is 17.6. The summed E-state index contributed by atoms with van der Waals surface area (Å²) in [5.41, 5.74) is 18.7. The normalized spacial score (nSPS) is 17.8. The number of likely N-dealkylation sites (tertiary alicyclic amines) is 1. The number of aryl methyl sites for hydroxylation is 1. The van der Waals surface area contributed by atoms with Gasteiger partial charge in [-0.2, -0.15) is 0 Å². The summed E-state index contributed by atoms with van der Waals surface area (Å²) in [6, 6.07) is 48.0. The molecule has 7 aromatic carbocycles. The molecule has 4 aromatic heterocycles. The number of methoxy groups -OCH3 is 11. The van der Waals surface area contributed by atoms with Crippen molar-refractivity contribution >= 4 is 46.9 Å². The van der Waals surface area contributed by atoms with Crippen molar-refractivity contribution in [2.24, 2.45) is 35.5 Å². The number of ketones is 6. The van der Waals surface area contributed by atoms with Crippen LogP contribution in [0.1, 0.15) is 167 Å². The van der Waals surface area contributed by atoms with E-state index in [2.05, 4.69) is 50.5 Å². The second-order valence-corrected chi connectivity index (χ2v) is 34.7. The van der Waals surface area contributed by atoms with Gasteiger partial charge in [0.15, 0.2) is 92.2 Å². The second kappa shape index (κ2) is 44.9. The summed E-state index contributed by atoms with van der Waals surface area (Å²) in [6.45, 7) is 7.41. The molecule has 6 heterocycles. The highest BCUT2D eigenvalue weighted by molar-refractivity contribution is 6.17. The molecule has 3 N–H and O–H groups in total. The average molecular weight is 1820 g/mol. The zero-order valence-electron chi connectivity index (χ0n) is 78.2. The fourth-order valence-corrected chi connectivity index (χ4v) is 19.2. The van der Waals surface area contributed by atoms with Crippen molar-refractivity contribution in [2.75, 3.05) is 104 Å². The van der Waals surface area contributed by atoms with Gasteiger partial charge >= 0.3 is 0 Å². The summed E-state index contributed by atoms with van der Waals surface area (Å²) in [5, 5.41) is 21.9. The first kappa shape index (κ1) is 96.0. The Balaban J connectivity index is 0.000000129. The van der Waals surface area contributed by atoms with Gasteiger partial charge in [-0.15, -0.1) is 0 Å². The van der Waals surface area contributed by atoms with Crippen molar-refractivity contribution in [3.8, 4) is 63.2 Å². The number of hydrogen-bond donors (Lipinski definition) is 3. The van der Waals surface area contributed by atoms with Gasteiger partial charge in [0.1, 0.15) is 5.75 Å². The van der Waals surface area contributed by atoms with E-state index in [1.54, 1.807) is 146 Å². The first-order valence-electron chi connectivity index (χ1n) is 45.3. The minimum Gasteiger partial charge on any atom is -0.496 e. The van der Waals surface area contributed by atoms with E-state index in [0.717, 1.165) is 175 Å². The average Bonchev–Trinajstić information content (AvgIpc) is 1.65. The number of hydrogen-bond acceptors (Lipinski definition) is 23. The number of piperidine rings is 2. The van der Waals surface area contributed by atoms with Gasteiger partial charge in [-0.3, -0.25) is 54.0 Å². The van der Waals surface area contributed by atoms with Crippen molar-refractivity contribution in [1.82, 2.24) is 20.2 Å². The van der Waals surface area contributed by atoms with Crippen LogP contribution in [-0.2, 0) is 57.9 Å². The molecule has 25 heteroatoms. The van der Waals surface area contributed by atoms with Gasteiger partial charge in [0.2, 0.25) is 24.8 Å². The van der Waals surface area contributed by atoms with Gasteiger partial charge in [-0.25, -0.2) is 0 Å². The number of nitrogens with one attached hydrogen (secondary N) is 1. The fourth-order valence-electron chi connectivity index (χ4n) is 19.2. The van der Waals surface area contributed by atoms with E-state index in [1.165, 1.54) is 43.6 Å². The second-order valence-electron chi connectivity index (χ2n) is 34.7. The maximum Gasteiger partial charge on any atom is 0.222 e. The van der Waals surface area contributed by atoms with E-state index in [4.69, 9.17) is 52.1 Å². The lowest BCUT2D eigenvalue weighted by molar-refractivity contribution is -0.904. The van der Waals surface area contributed by atoms with Crippen LogP contribution in [0.4, 0.5) is 0 Å². The topological polar surface area (TPSA) is 293 Å². The van der Waals surface area contributed by atoms with Crippen LogP contribution in [0.3, 0.4) is 0 Å². The quantitative estimate of drug-likeness (QED) is 0.0304. The Morgan fingerprint density at radius 3 is 1.08 bits per heavy atom. The maximum absolute atomic E-state index is 12.9. The van der Waals surface area contributed by atoms with E-state index in [9.17, 15) is 39.2 Å². The standard InChI is InChI=1S/C24H29NO3.C17H18NO4.C17H16NO4.C17H23NO3.C17H15NO3.C17H17NO2/c1-27-22-14-19-13-20(24(26)21(19)15-23(22)28-2)12-17-8-10-25(11-9-17)16-18-6-4-3-5-7-18;2*1-21-15-9-12-8-13(7-11-3-5-18(20)6-4-11)17(19)14(12)10-16(15)22-2;2*1-20-15-9-12-8-13(7-11-3-5-18-6-4-11)17(19)14(12)10-16(15)21-2;1-11-7-15-13(10-16(11)20-2)9-14(17(15)19)8-12-3-5-18-6-4-12/h3-7,14-15,17,20H,8-13,16H2,1-2H3;3-6,9-10,13,20H,7-8H2,1-2H3;3-7,9-10,20H,8H2,1-2H3;9-11,13,18H,3-8H2,1-2H3;3-7,9-10H,8H2,1-2H3;3-7,10,14H,8-9H2,1-2H3/q;2*+1;;;/b;;13-7+;;13-7+;. The molecule has 4 unspecified atom stereocenters. The molecule has 134 heavy (non-hydrogen) atoms. The molecule has 6 aliphatic carbocycles. The zero-order chi connectivity index (χ0) is 94.6. The van der Waals surface area contributed by atoms with E-state index in [-0.39, 0.29) is 58.4 Å². The molecule has 8 aliphatic rings. The highest BCUT2D eigenvalue weighted by Crippen LogP contribution is 2.45. The molecule has 0 spiro atoms. The van der Waals surface area contributed by atoms with Crippen LogP contribution in [0.25, 0.3) is 12.2 Å². The summed E-state index contributed by atoms with van der Waals surface area (Å²) in [4.78, 5) is 86.2. The lowest BCUT2D eigenvalue weighted by Gasteiger charge is -2.32. The van der Waals surface area contributed by atoms with Crippen LogP contribution < -0.4 is 66.9 Å². The molecule has 19 rings (SSSR count). The molecule has 0 radical (unpaired) electrons. The number of pyridine rings is 4. The lowest BCUT2D eigenvalue weighted by atomic mass is 9.85. The highest BCUT2D eigenvalue weighted by atomic mass is 16.5. The Morgan fingerprint density at radius 1 is 0.358 bits per heavy atom. The van der Waals surface area contributed by atoms with Crippen molar-refractivity contribution in [1.29, 1.82) is 0 Å². The minimum atomic E-state index is -0.0821. The number of fused-ring (bicyclic) bond motifs is 6. The van der Waals surface area contributed by atoms with Gasteiger partial charge in [0.05, 0.1) is 78.2 Å². The predicted molar refractivity (Wildman–Crippen MR) is 506 cm³/mol. The molecule has 2 aliphatic heterocycles. The molecule has 4 atom stereocenters. The van der Waals surface area contributed by atoms with Crippen molar-refractivity contribution in [3.05, 3.63) is 313 Å². The molecule has 696 valence electrons. The predicted octanol–water partition coefficient (Wildman–Crippen LogP) is 16.6. The van der Waals surface area contributed by atoms with Crippen molar-refractivity contribution in [3.63, 3.8) is 0 Å². The van der Waals surface area contributed by atoms with Gasteiger partial charge < -0.3 is 57.4 Å². The lowest BCUT2D eigenvalue weighted by Crippen LogP contribution is -2.34. The van der Waals surface area contributed by atoms with Gasteiger partial charge in [0.25, 0.3) is 0 Å². The third kappa shape index (κ3) is 22.8. The van der Waals surface area contributed by atoms with E-state index < -0.39 is 0 Å².